The normalized spacial score (nSPS) is 14.5. The van der Waals surface area contributed by atoms with Crippen LogP contribution >= 0.6 is 0 Å². The summed E-state index contributed by atoms with van der Waals surface area (Å²) in [6, 6.07) is 1.95. The number of carbonyl (C=O) groups excluding carboxylic acids is 1. The number of nitrogens with zero attached hydrogens (tertiary/aromatic N) is 5. The Morgan fingerprint density at radius 1 is 1.32 bits per heavy atom. The summed E-state index contributed by atoms with van der Waals surface area (Å²) in [5.74, 6) is 1.31. The zero-order valence-electron chi connectivity index (χ0n) is 12.8. The molecule has 1 aliphatic heterocycles. The predicted octanol–water partition coefficient (Wildman–Crippen LogP) is 1.31. The molecular formula is C15H18N6O. The Hall–Kier alpha value is -2.70. The van der Waals surface area contributed by atoms with Crippen molar-refractivity contribution in [2.45, 2.75) is 19.9 Å². The number of nitrogens with two attached hydrogens (primary N) is 1. The molecular weight excluding hydrogens is 280 g/mol. The highest BCUT2D eigenvalue weighted by Gasteiger charge is 2.30. The highest BCUT2D eigenvalue weighted by molar-refractivity contribution is 6.02. The van der Waals surface area contributed by atoms with E-state index in [0.29, 0.717) is 23.7 Å². The molecule has 0 unspecified atom stereocenters. The van der Waals surface area contributed by atoms with E-state index in [1.54, 1.807) is 36.6 Å². The first-order valence-corrected chi connectivity index (χ1v) is 7.09. The number of carbonyl (C=O) groups is 1. The Balaban J connectivity index is 2.14. The number of likely N-dealkylation sites (N-methyl/N-ethyl adjacent to an activating group) is 1. The van der Waals surface area contributed by atoms with Gasteiger partial charge in [-0.15, -0.1) is 0 Å². The molecule has 1 amide bonds. The van der Waals surface area contributed by atoms with Crippen LogP contribution in [-0.4, -0.2) is 40.5 Å². The molecule has 114 valence electrons. The Morgan fingerprint density at radius 2 is 2.09 bits per heavy atom. The van der Waals surface area contributed by atoms with Gasteiger partial charge in [0.05, 0.1) is 24.6 Å². The molecule has 0 aliphatic carbocycles. The first-order chi connectivity index (χ1) is 10.5. The number of fused-ring (bicyclic) bond motifs is 1. The van der Waals surface area contributed by atoms with Crippen LogP contribution in [0.4, 0.5) is 17.2 Å². The van der Waals surface area contributed by atoms with Crippen molar-refractivity contribution in [3.05, 3.63) is 24.7 Å². The molecule has 0 radical (unpaired) electrons. The first kappa shape index (κ1) is 14.2. The van der Waals surface area contributed by atoms with Crippen LogP contribution in [0.2, 0.25) is 0 Å². The van der Waals surface area contributed by atoms with Crippen molar-refractivity contribution in [3.8, 4) is 11.4 Å². The summed E-state index contributed by atoms with van der Waals surface area (Å²) in [7, 11) is 1.74. The number of rotatable bonds is 2. The fraction of sp³-hybridized carbons (Fsp3) is 0.333. The lowest BCUT2D eigenvalue weighted by Gasteiger charge is -2.36. The minimum absolute atomic E-state index is 0.0287. The van der Waals surface area contributed by atoms with E-state index in [2.05, 4.69) is 15.0 Å². The van der Waals surface area contributed by atoms with Crippen molar-refractivity contribution >= 4 is 23.1 Å². The molecule has 7 heteroatoms. The monoisotopic (exact) mass is 298 g/mol. The number of nitrogen functional groups attached to an aromatic ring is 1. The quantitative estimate of drug-likeness (QED) is 0.899. The molecule has 2 N–H and O–H groups in total. The van der Waals surface area contributed by atoms with Gasteiger partial charge < -0.3 is 15.5 Å². The largest absolute Gasteiger partial charge is 0.397 e. The van der Waals surface area contributed by atoms with Gasteiger partial charge in [0.2, 0.25) is 5.91 Å². The standard InChI is InChI=1S/C15H18N6O/c1-9(2)21-8-13(22)20(3)12-7-18-14(19-15(12)21)10-4-5-17-6-11(10)16/h4-7,9H,8,16H2,1-3H3. The summed E-state index contributed by atoms with van der Waals surface area (Å²) >= 11 is 0. The third-order valence-corrected chi connectivity index (χ3v) is 3.78. The van der Waals surface area contributed by atoms with Gasteiger partial charge in [0.1, 0.15) is 5.69 Å². The van der Waals surface area contributed by atoms with E-state index >= 15 is 0 Å². The second-order valence-corrected chi connectivity index (χ2v) is 5.54. The number of anilines is 3. The Bertz CT molecular complexity index is 730. The number of amides is 1. The summed E-state index contributed by atoms with van der Waals surface area (Å²) in [6.07, 6.45) is 4.91. The minimum atomic E-state index is 0.0287. The van der Waals surface area contributed by atoms with Gasteiger partial charge >= 0.3 is 0 Å². The summed E-state index contributed by atoms with van der Waals surface area (Å²) < 4.78 is 0. The fourth-order valence-corrected chi connectivity index (χ4v) is 2.44. The highest BCUT2D eigenvalue weighted by Crippen LogP contribution is 2.33. The molecule has 1 aliphatic rings. The van der Waals surface area contributed by atoms with Crippen LogP contribution in [0.1, 0.15) is 13.8 Å². The second-order valence-electron chi connectivity index (χ2n) is 5.54. The molecule has 3 heterocycles. The van der Waals surface area contributed by atoms with Crippen molar-refractivity contribution in [2.24, 2.45) is 0 Å². The van der Waals surface area contributed by atoms with Crippen molar-refractivity contribution < 1.29 is 4.79 Å². The van der Waals surface area contributed by atoms with Crippen LogP contribution in [0, 0.1) is 0 Å². The second kappa shape index (κ2) is 5.25. The van der Waals surface area contributed by atoms with Crippen molar-refractivity contribution in [3.63, 3.8) is 0 Å². The lowest BCUT2D eigenvalue weighted by atomic mass is 10.2. The van der Waals surface area contributed by atoms with Crippen LogP contribution in [0.25, 0.3) is 11.4 Å². The minimum Gasteiger partial charge on any atom is -0.397 e. The van der Waals surface area contributed by atoms with Gasteiger partial charge in [-0.3, -0.25) is 9.78 Å². The molecule has 0 saturated heterocycles. The van der Waals surface area contributed by atoms with E-state index in [9.17, 15) is 4.79 Å². The SMILES string of the molecule is CC(C)N1CC(=O)N(C)c2cnc(-c3ccncc3N)nc21. The third kappa shape index (κ3) is 2.24. The molecule has 7 nitrogen and oxygen atoms in total. The Labute approximate surface area is 128 Å². The Morgan fingerprint density at radius 3 is 2.77 bits per heavy atom. The van der Waals surface area contributed by atoms with E-state index in [1.165, 1.54) is 0 Å². The number of hydrogen-bond donors (Lipinski definition) is 1. The number of pyridine rings is 1. The molecule has 3 rings (SSSR count). The Kier molecular flexibility index (Phi) is 3.40. The lowest BCUT2D eigenvalue weighted by Crippen LogP contribution is -2.47. The predicted molar refractivity (Wildman–Crippen MR) is 85.6 cm³/mol. The van der Waals surface area contributed by atoms with Gasteiger partial charge in [-0.2, -0.15) is 0 Å². The molecule has 22 heavy (non-hydrogen) atoms. The first-order valence-electron chi connectivity index (χ1n) is 7.09. The highest BCUT2D eigenvalue weighted by atomic mass is 16.2. The maximum absolute atomic E-state index is 12.1. The van der Waals surface area contributed by atoms with Gasteiger partial charge in [0, 0.05) is 24.8 Å². The smallest absolute Gasteiger partial charge is 0.246 e. The molecule has 0 atom stereocenters. The third-order valence-electron chi connectivity index (χ3n) is 3.78. The number of aromatic nitrogens is 3. The molecule has 0 bridgehead atoms. The van der Waals surface area contributed by atoms with E-state index in [-0.39, 0.29) is 11.9 Å². The van der Waals surface area contributed by atoms with Crippen LogP contribution in [0.15, 0.2) is 24.7 Å². The maximum Gasteiger partial charge on any atom is 0.246 e. The maximum atomic E-state index is 12.1. The lowest BCUT2D eigenvalue weighted by molar-refractivity contribution is -0.117. The molecule has 0 aromatic carbocycles. The average molecular weight is 298 g/mol. The molecule has 0 fully saturated rings. The average Bonchev–Trinajstić information content (AvgIpc) is 2.50. The van der Waals surface area contributed by atoms with E-state index in [4.69, 9.17) is 5.73 Å². The van der Waals surface area contributed by atoms with E-state index in [1.807, 2.05) is 18.7 Å². The summed E-state index contributed by atoms with van der Waals surface area (Å²) in [5, 5.41) is 0. The molecule has 0 saturated carbocycles. The summed E-state index contributed by atoms with van der Waals surface area (Å²) in [5.41, 5.74) is 7.93. The van der Waals surface area contributed by atoms with Gasteiger partial charge in [0.25, 0.3) is 0 Å². The van der Waals surface area contributed by atoms with Gasteiger partial charge in [-0.05, 0) is 19.9 Å². The van der Waals surface area contributed by atoms with E-state index < -0.39 is 0 Å². The van der Waals surface area contributed by atoms with Crippen LogP contribution in [0.5, 0.6) is 0 Å². The fourth-order valence-electron chi connectivity index (χ4n) is 2.44. The van der Waals surface area contributed by atoms with Crippen molar-refractivity contribution in [1.82, 2.24) is 15.0 Å². The van der Waals surface area contributed by atoms with Crippen LogP contribution < -0.4 is 15.5 Å². The van der Waals surface area contributed by atoms with Crippen molar-refractivity contribution in [1.29, 1.82) is 0 Å². The molecule has 0 spiro atoms. The van der Waals surface area contributed by atoms with E-state index in [0.717, 1.165) is 11.4 Å². The van der Waals surface area contributed by atoms with Gasteiger partial charge in [-0.25, -0.2) is 9.97 Å². The summed E-state index contributed by atoms with van der Waals surface area (Å²) in [4.78, 5) is 28.6. The molecule has 2 aromatic rings. The van der Waals surface area contributed by atoms with Gasteiger partial charge in [-0.1, -0.05) is 0 Å². The molecule has 2 aromatic heterocycles. The van der Waals surface area contributed by atoms with Crippen LogP contribution in [-0.2, 0) is 4.79 Å². The zero-order chi connectivity index (χ0) is 15.9. The van der Waals surface area contributed by atoms with Crippen LogP contribution in [0.3, 0.4) is 0 Å². The summed E-state index contributed by atoms with van der Waals surface area (Å²) in [6.45, 7) is 4.37. The number of hydrogen-bond acceptors (Lipinski definition) is 6. The topological polar surface area (TPSA) is 88.2 Å². The zero-order valence-corrected chi connectivity index (χ0v) is 12.8. The van der Waals surface area contributed by atoms with Gasteiger partial charge in [0.15, 0.2) is 11.6 Å². The van der Waals surface area contributed by atoms with Crippen molar-refractivity contribution in [2.75, 3.05) is 29.1 Å².